The second kappa shape index (κ2) is 10.8. The van der Waals surface area contributed by atoms with Crippen LogP contribution in [0.3, 0.4) is 0 Å². The Kier molecular flexibility index (Phi) is 10.3. The maximum atomic E-state index is 13.7. The van der Waals surface area contributed by atoms with Gasteiger partial charge in [0.2, 0.25) is 0 Å². The third-order valence-corrected chi connectivity index (χ3v) is 3.84. The van der Waals surface area contributed by atoms with Gasteiger partial charge in [-0.25, -0.2) is 8.78 Å². The first-order valence-electron chi connectivity index (χ1n) is 7.15. The molecule has 1 aromatic carbocycles. The first-order valence-corrected chi connectivity index (χ1v) is 7.15. The summed E-state index contributed by atoms with van der Waals surface area (Å²) in [5.74, 6) is 1.25. The van der Waals surface area contributed by atoms with Gasteiger partial charge in [-0.3, -0.25) is 4.90 Å². The van der Waals surface area contributed by atoms with E-state index < -0.39 is 12.5 Å². The van der Waals surface area contributed by atoms with Gasteiger partial charge in [0.05, 0.1) is 21.3 Å². The van der Waals surface area contributed by atoms with Gasteiger partial charge in [0, 0.05) is 37.8 Å². The Morgan fingerprint density at radius 3 is 1.88 bits per heavy atom. The zero-order valence-corrected chi connectivity index (χ0v) is 15.5. The molecule has 0 unspecified atom stereocenters. The number of piperazine rings is 1. The van der Waals surface area contributed by atoms with Crippen LogP contribution in [-0.4, -0.2) is 58.8 Å². The van der Waals surface area contributed by atoms with Gasteiger partial charge in [-0.2, -0.15) is 0 Å². The Bertz CT molecular complexity index is 504. The SMILES string of the molecule is COc1cc(OC)c([C@@H](C(F)F)N2CCNCC2)cc1OC.Cl.Cl. The van der Waals surface area contributed by atoms with E-state index in [1.165, 1.54) is 21.3 Å². The van der Waals surface area contributed by atoms with E-state index in [1.54, 1.807) is 17.0 Å². The van der Waals surface area contributed by atoms with E-state index in [0.717, 1.165) is 0 Å². The van der Waals surface area contributed by atoms with Crippen molar-refractivity contribution in [3.05, 3.63) is 17.7 Å². The molecule has 1 atom stereocenters. The summed E-state index contributed by atoms with van der Waals surface area (Å²) in [7, 11) is 4.44. The number of halogens is 4. The molecule has 0 radical (unpaired) electrons. The maximum absolute atomic E-state index is 13.7. The summed E-state index contributed by atoms with van der Waals surface area (Å²) >= 11 is 0. The minimum absolute atomic E-state index is 0. The fraction of sp³-hybridized carbons (Fsp3) is 0.600. The molecule has 0 aromatic heterocycles. The Labute approximate surface area is 153 Å². The van der Waals surface area contributed by atoms with Crippen LogP contribution in [0, 0.1) is 0 Å². The van der Waals surface area contributed by atoms with Crippen molar-refractivity contribution in [3.8, 4) is 17.2 Å². The van der Waals surface area contributed by atoms with Crippen LogP contribution in [0.15, 0.2) is 12.1 Å². The second-order valence-corrected chi connectivity index (χ2v) is 5.01. The quantitative estimate of drug-likeness (QED) is 0.811. The Balaban J connectivity index is 0.00000264. The summed E-state index contributed by atoms with van der Waals surface area (Å²) in [4.78, 5) is 1.77. The number of nitrogens with zero attached hydrogens (tertiary/aromatic N) is 1. The van der Waals surface area contributed by atoms with Gasteiger partial charge in [0.15, 0.2) is 11.5 Å². The molecule has 9 heteroatoms. The van der Waals surface area contributed by atoms with Crippen LogP contribution in [0.4, 0.5) is 8.78 Å². The van der Waals surface area contributed by atoms with Crippen LogP contribution in [0.25, 0.3) is 0 Å². The number of ether oxygens (including phenoxy) is 3. The monoisotopic (exact) mass is 388 g/mol. The summed E-state index contributed by atoms with van der Waals surface area (Å²) < 4.78 is 43.2. The number of benzene rings is 1. The van der Waals surface area contributed by atoms with Crippen molar-refractivity contribution in [3.63, 3.8) is 0 Å². The van der Waals surface area contributed by atoms with Crippen molar-refractivity contribution in [2.75, 3.05) is 47.5 Å². The fourth-order valence-electron chi connectivity index (χ4n) is 2.74. The standard InChI is InChI=1S/C15H22F2N2O3.2ClH/c1-20-11-9-13(22-3)12(21-2)8-10(11)14(15(16)17)19-6-4-18-5-7-19;;/h8-9,14-15,18H,4-7H2,1-3H3;2*1H/t14-;;/m0../s1. The number of alkyl halides is 2. The van der Waals surface area contributed by atoms with Gasteiger partial charge in [-0.1, -0.05) is 0 Å². The first kappa shape index (κ1) is 23.0. The number of hydrogen-bond donors (Lipinski definition) is 1. The molecule has 0 aliphatic carbocycles. The third kappa shape index (κ3) is 4.99. The lowest BCUT2D eigenvalue weighted by Crippen LogP contribution is -2.47. The van der Waals surface area contributed by atoms with E-state index in [-0.39, 0.29) is 24.8 Å². The largest absolute Gasteiger partial charge is 0.496 e. The molecule has 1 aromatic rings. The topological polar surface area (TPSA) is 43.0 Å². The smallest absolute Gasteiger partial charge is 0.258 e. The lowest BCUT2D eigenvalue weighted by Gasteiger charge is -2.35. The Morgan fingerprint density at radius 1 is 0.917 bits per heavy atom. The second-order valence-electron chi connectivity index (χ2n) is 5.01. The van der Waals surface area contributed by atoms with Crippen molar-refractivity contribution < 1.29 is 23.0 Å². The minimum atomic E-state index is -2.52. The van der Waals surface area contributed by atoms with Crippen molar-refractivity contribution in [1.29, 1.82) is 0 Å². The summed E-state index contributed by atoms with van der Waals surface area (Å²) in [5.41, 5.74) is 0.414. The highest BCUT2D eigenvalue weighted by Gasteiger charge is 2.33. The number of methoxy groups -OCH3 is 3. The van der Waals surface area contributed by atoms with Crippen LogP contribution in [0.1, 0.15) is 11.6 Å². The lowest BCUT2D eigenvalue weighted by molar-refractivity contribution is 0.0169. The summed E-state index contributed by atoms with van der Waals surface area (Å²) in [6.07, 6.45) is -2.52. The van der Waals surface area contributed by atoms with Crippen LogP contribution in [-0.2, 0) is 0 Å². The van der Waals surface area contributed by atoms with Crippen molar-refractivity contribution in [2.45, 2.75) is 12.5 Å². The number of nitrogens with one attached hydrogen (secondary N) is 1. The van der Waals surface area contributed by atoms with E-state index in [9.17, 15) is 8.78 Å². The van der Waals surface area contributed by atoms with E-state index in [0.29, 0.717) is 49.0 Å². The maximum Gasteiger partial charge on any atom is 0.258 e. The molecule has 2 rings (SSSR count). The lowest BCUT2D eigenvalue weighted by atomic mass is 10.0. The van der Waals surface area contributed by atoms with E-state index in [1.807, 2.05) is 0 Å². The van der Waals surface area contributed by atoms with Gasteiger partial charge >= 0.3 is 0 Å². The normalized spacial score (nSPS) is 15.9. The highest BCUT2D eigenvalue weighted by molar-refractivity contribution is 5.85. The number of hydrogen-bond acceptors (Lipinski definition) is 5. The minimum Gasteiger partial charge on any atom is -0.496 e. The molecule has 0 amide bonds. The predicted molar refractivity (Wildman–Crippen MR) is 93.8 cm³/mol. The zero-order valence-electron chi connectivity index (χ0n) is 13.9. The first-order chi connectivity index (χ1) is 10.6. The molecular weight excluding hydrogens is 365 g/mol. The fourth-order valence-corrected chi connectivity index (χ4v) is 2.74. The van der Waals surface area contributed by atoms with Crippen LogP contribution >= 0.6 is 24.8 Å². The molecular formula is C15H24Cl2F2N2O3. The predicted octanol–water partition coefficient (Wildman–Crippen LogP) is 2.77. The van der Waals surface area contributed by atoms with E-state index >= 15 is 0 Å². The van der Waals surface area contributed by atoms with Gasteiger partial charge in [-0.15, -0.1) is 24.8 Å². The molecule has 0 bridgehead atoms. The Morgan fingerprint density at radius 2 is 1.42 bits per heavy atom. The highest BCUT2D eigenvalue weighted by atomic mass is 35.5. The van der Waals surface area contributed by atoms with Crippen LogP contribution in [0.5, 0.6) is 17.2 Å². The summed E-state index contributed by atoms with van der Waals surface area (Å²) in [6.45, 7) is 2.51. The third-order valence-electron chi connectivity index (χ3n) is 3.84. The van der Waals surface area contributed by atoms with E-state index in [4.69, 9.17) is 14.2 Å². The highest BCUT2D eigenvalue weighted by Crippen LogP contribution is 2.41. The van der Waals surface area contributed by atoms with Crippen molar-refractivity contribution >= 4 is 24.8 Å². The molecule has 1 aliphatic rings. The molecule has 1 heterocycles. The zero-order chi connectivity index (χ0) is 16.1. The van der Waals surface area contributed by atoms with Gasteiger partial charge in [-0.05, 0) is 6.07 Å². The molecule has 24 heavy (non-hydrogen) atoms. The van der Waals surface area contributed by atoms with Crippen molar-refractivity contribution in [1.82, 2.24) is 10.2 Å². The van der Waals surface area contributed by atoms with Gasteiger partial charge in [0.1, 0.15) is 11.8 Å². The molecule has 0 spiro atoms. The van der Waals surface area contributed by atoms with Crippen LogP contribution < -0.4 is 19.5 Å². The van der Waals surface area contributed by atoms with Crippen LogP contribution in [0.2, 0.25) is 0 Å². The van der Waals surface area contributed by atoms with Gasteiger partial charge in [0.25, 0.3) is 6.43 Å². The van der Waals surface area contributed by atoms with Gasteiger partial charge < -0.3 is 19.5 Å². The molecule has 1 saturated heterocycles. The molecule has 1 aliphatic heterocycles. The Hall–Kier alpha value is -1.02. The number of rotatable bonds is 6. The average molecular weight is 389 g/mol. The molecule has 140 valence electrons. The molecule has 1 N–H and O–H groups in total. The summed E-state index contributed by atoms with van der Waals surface area (Å²) in [5, 5.41) is 3.17. The van der Waals surface area contributed by atoms with E-state index in [2.05, 4.69) is 5.32 Å². The summed E-state index contributed by atoms with van der Waals surface area (Å²) in [6, 6.07) is 2.14. The molecule has 5 nitrogen and oxygen atoms in total. The average Bonchev–Trinajstić information content (AvgIpc) is 2.55. The molecule has 0 saturated carbocycles. The van der Waals surface area contributed by atoms with Crippen molar-refractivity contribution in [2.24, 2.45) is 0 Å². The molecule has 1 fully saturated rings.